The van der Waals surface area contributed by atoms with Crippen molar-refractivity contribution < 1.29 is 24.6 Å². The van der Waals surface area contributed by atoms with Crippen LogP contribution in [-0.2, 0) is 16.1 Å². The molecule has 0 saturated carbocycles. The molecule has 1 aromatic heterocycles. The number of amides is 1. The van der Waals surface area contributed by atoms with Crippen LogP contribution in [0.15, 0.2) is 42.5 Å². The van der Waals surface area contributed by atoms with Gasteiger partial charge in [-0.3, -0.25) is 4.79 Å². The summed E-state index contributed by atoms with van der Waals surface area (Å²) in [6, 6.07) is 9.61. The Balaban J connectivity index is 0.00000256. The van der Waals surface area contributed by atoms with Crippen LogP contribution in [-0.4, -0.2) is 103 Å². The van der Waals surface area contributed by atoms with Crippen molar-refractivity contribution in [3.63, 3.8) is 0 Å². The summed E-state index contributed by atoms with van der Waals surface area (Å²) in [5, 5.41) is 23.5. The number of nitrogens with two attached hydrogens (primary N) is 2. The predicted molar refractivity (Wildman–Crippen MR) is 120 cm³/mol. The number of carbonyl (C=O) groups excluding carboxylic acids is 1. The molecule has 0 aliphatic carbocycles. The summed E-state index contributed by atoms with van der Waals surface area (Å²) in [6.45, 7) is 0.450. The van der Waals surface area contributed by atoms with Crippen LogP contribution in [0, 0.1) is 0 Å². The van der Waals surface area contributed by atoms with Gasteiger partial charge >= 0.3 is 11.9 Å². The van der Waals surface area contributed by atoms with E-state index in [1.165, 1.54) is 12.1 Å². The third-order valence-corrected chi connectivity index (χ3v) is 4.22. The molecule has 1 amide bonds. The number of aliphatic carboxylic acids is 2. The van der Waals surface area contributed by atoms with Gasteiger partial charge in [0.1, 0.15) is 5.82 Å². The van der Waals surface area contributed by atoms with Gasteiger partial charge in [0.2, 0.25) is 12.0 Å². The molecule has 0 unspecified atom stereocenters. The van der Waals surface area contributed by atoms with E-state index in [0.717, 1.165) is 5.56 Å². The fourth-order valence-corrected chi connectivity index (χ4v) is 2.71. The molecular weight excluding hydrogens is 438 g/mol. The molecule has 156 valence electrons. The summed E-state index contributed by atoms with van der Waals surface area (Å²) in [6.07, 6.45) is 0. The van der Waals surface area contributed by atoms with Crippen molar-refractivity contribution >= 4 is 105 Å². The standard InChI is InChI=1S/C19H18N6O5.2Na/c20-15-12-7-9(1-6-13(12)23-19(21)25-15)8-22-11-4-2-10(3-5-11)16(26)24-14(17(27)28)18(29)30;;/h1-7,14,22H,8H2,(H,24,26)(H,27,28)(H,29,30)(H4,20,21,23,25);;. The Morgan fingerprint density at radius 2 is 1.56 bits per heavy atom. The molecule has 8 N–H and O–H groups in total. The third-order valence-electron chi connectivity index (χ3n) is 4.22. The maximum atomic E-state index is 12.0. The van der Waals surface area contributed by atoms with E-state index in [2.05, 4.69) is 15.3 Å². The van der Waals surface area contributed by atoms with Crippen molar-refractivity contribution in [2.75, 3.05) is 16.8 Å². The predicted octanol–water partition coefficient (Wildman–Crippen LogP) is -0.0877. The molecule has 0 bridgehead atoms. The molecule has 2 aromatic carbocycles. The van der Waals surface area contributed by atoms with Crippen LogP contribution < -0.4 is 22.1 Å². The number of nitrogen functional groups attached to an aromatic ring is 2. The molecule has 2 radical (unpaired) electrons. The van der Waals surface area contributed by atoms with Gasteiger partial charge in [-0.2, -0.15) is 4.98 Å². The first-order chi connectivity index (χ1) is 14.2. The molecule has 0 atom stereocenters. The summed E-state index contributed by atoms with van der Waals surface area (Å²) in [4.78, 5) is 41.9. The first-order valence-electron chi connectivity index (χ1n) is 8.66. The minimum Gasteiger partial charge on any atom is -0.479 e. The van der Waals surface area contributed by atoms with Gasteiger partial charge in [0.05, 0.1) is 5.52 Å². The first kappa shape index (κ1) is 27.6. The van der Waals surface area contributed by atoms with Gasteiger partial charge in [0.25, 0.3) is 5.91 Å². The van der Waals surface area contributed by atoms with E-state index in [4.69, 9.17) is 21.7 Å². The zero-order valence-electron chi connectivity index (χ0n) is 17.5. The number of fused-ring (bicyclic) bond motifs is 1. The van der Waals surface area contributed by atoms with Crippen LogP contribution in [0.1, 0.15) is 15.9 Å². The van der Waals surface area contributed by atoms with E-state index in [9.17, 15) is 14.4 Å². The van der Waals surface area contributed by atoms with Crippen molar-refractivity contribution in [3.8, 4) is 0 Å². The van der Waals surface area contributed by atoms with Crippen molar-refractivity contribution in [1.29, 1.82) is 0 Å². The number of carboxylic acids is 2. The molecule has 0 spiro atoms. The van der Waals surface area contributed by atoms with Crippen molar-refractivity contribution in [1.82, 2.24) is 15.3 Å². The third kappa shape index (κ3) is 6.79. The molecule has 11 nitrogen and oxygen atoms in total. The second kappa shape index (κ2) is 12.0. The van der Waals surface area contributed by atoms with Crippen molar-refractivity contribution in [2.45, 2.75) is 12.6 Å². The molecule has 1 heterocycles. The largest absolute Gasteiger partial charge is 0.479 e. The second-order valence-corrected chi connectivity index (χ2v) is 6.33. The summed E-state index contributed by atoms with van der Waals surface area (Å²) in [5.74, 6) is -3.72. The fraction of sp³-hybridized carbons (Fsp3) is 0.105. The summed E-state index contributed by atoms with van der Waals surface area (Å²) in [5.41, 5.74) is 13.8. The number of nitrogens with one attached hydrogen (secondary N) is 2. The van der Waals surface area contributed by atoms with Gasteiger partial charge in [0, 0.05) is 82.3 Å². The first-order valence-corrected chi connectivity index (χ1v) is 8.66. The molecule has 0 saturated heterocycles. The normalized spacial score (nSPS) is 10.0. The SMILES string of the molecule is Nc1nc(N)c2cc(CNc3ccc(C(=O)NC(C(=O)O)C(=O)O)cc3)ccc2n1.[Na].[Na]. The van der Waals surface area contributed by atoms with Gasteiger partial charge in [-0.05, 0) is 42.0 Å². The number of carboxylic acid groups (broad SMARTS) is 2. The Morgan fingerprint density at radius 1 is 0.938 bits per heavy atom. The quantitative estimate of drug-likeness (QED) is 0.207. The minimum absolute atomic E-state index is 0. The molecule has 0 fully saturated rings. The molecule has 3 rings (SSSR count). The van der Waals surface area contributed by atoms with Crippen molar-refractivity contribution in [3.05, 3.63) is 53.6 Å². The Hall–Kier alpha value is -2.41. The van der Waals surface area contributed by atoms with Crippen LogP contribution in [0.25, 0.3) is 10.9 Å². The summed E-state index contributed by atoms with van der Waals surface area (Å²) in [7, 11) is 0. The summed E-state index contributed by atoms with van der Waals surface area (Å²) < 4.78 is 0. The van der Waals surface area contributed by atoms with Gasteiger partial charge in [-0.1, -0.05) is 6.07 Å². The Morgan fingerprint density at radius 3 is 2.16 bits per heavy atom. The van der Waals surface area contributed by atoms with Crippen LogP contribution in [0.4, 0.5) is 17.5 Å². The van der Waals surface area contributed by atoms with E-state index >= 15 is 0 Å². The smallest absolute Gasteiger partial charge is 0.338 e. The van der Waals surface area contributed by atoms with Crippen LogP contribution >= 0.6 is 0 Å². The van der Waals surface area contributed by atoms with Gasteiger partial charge < -0.3 is 32.3 Å². The average Bonchev–Trinajstić information content (AvgIpc) is 2.70. The maximum absolute atomic E-state index is 12.0. The number of benzene rings is 2. The van der Waals surface area contributed by atoms with E-state index < -0.39 is 23.9 Å². The average molecular weight is 456 g/mol. The number of rotatable bonds is 7. The Bertz CT molecular complexity index is 1130. The molecule has 13 heteroatoms. The van der Waals surface area contributed by atoms with Crippen LogP contribution in [0.5, 0.6) is 0 Å². The topological polar surface area (TPSA) is 194 Å². The van der Waals surface area contributed by atoms with Crippen LogP contribution in [0.3, 0.4) is 0 Å². The summed E-state index contributed by atoms with van der Waals surface area (Å²) >= 11 is 0. The zero-order valence-corrected chi connectivity index (χ0v) is 21.5. The molecule has 32 heavy (non-hydrogen) atoms. The molecule has 3 aromatic rings. The van der Waals surface area contributed by atoms with E-state index in [0.29, 0.717) is 23.1 Å². The van der Waals surface area contributed by atoms with Crippen molar-refractivity contribution in [2.24, 2.45) is 0 Å². The maximum Gasteiger partial charge on any atom is 0.338 e. The number of hydrogen-bond donors (Lipinski definition) is 6. The number of aromatic nitrogens is 2. The second-order valence-electron chi connectivity index (χ2n) is 6.33. The number of anilines is 3. The number of carbonyl (C=O) groups is 3. The Kier molecular flexibility index (Phi) is 10.4. The van der Waals surface area contributed by atoms with Gasteiger partial charge in [-0.15, -0.1) is 0 Å². The van der Waals surface area contributed by atoms with Crippen LogP contribution in [0.2, 0.25) is 0 Å². The zero-order chi connectivity index (χ0) is 21.8. The minimum atomic E-state index is -2.02. The number of nitrogens with zero attached hydrogens (tertiary/aromatic N) is 2. The monoisotopic (exact) mass is 456 g/mol. The molecular formula is C19H18N6Na2O5. The van der Waals surface area contributed by atoms with E-state index in [-0.39, 0.29) is 76.4 Å². The number of hydrogen-bond acceptors (Lipinski definition) is 8. The van der Waals surface area contributed by atoms with E-state index in [1.54, 1.807) is 18.2 Å². The molecule has 0 aliphatic rings. The van der Waals surface area contributed by atoms with E-state index in [1.807, 2.05) is 17.4 Å². The fourth-order valence-electron chi connectivity index (χ4n) is 2.71. The Labute approximate surface area is 226 Å². The molecule has 0 aliphatic heterocycles. The van der Waals surface area contributed by atoms with Gasteiger partial charge in [0.15, 0.2) is 0 Å². The van der Waals surface area contributed by atoms with Gasteiger partial charge in [-0.25, -0.2) is 14.6 Å².